The maximum absolute atomic E-state index is 14.1. The summed E-state index contributed by atoms with van der Waals surface area (Å²) in [6.07, 6.45) is 2.45. The Morgan fingerprint density at radius 1 is 1.23 bits per heavy atom. The van der Waals surface area contributed by atoms with Gasteiger partial charge in [-0.1, -0.05) is 53.5 Å². The van der Waals surface area contributed by atoms with E-state index in [9.17, 15) is 29.4 Å². The number of imide groups is 1. The molecule has 5 amide bonds. The topological polar surface area (TPSA) is 179 Å². The zero-order valence-corrected chi connectivity index (χ0v) is 27.9. The molecule has 254 valence electrons. The van der Waals surface area contributed by atoms with E-state index in [1.54, 1.807) is 6.07 Å². The lowest BCUT2D eigenvalue weighted by Crippen LogP contribution is -2.78. The van der Waals surface area contributed by atoms with Crippen LogP contribution in [0.1, 0.15) is 34.3 Å². The van der Waals surface area contributed by atoms with Gasteiger partial charge >= 0.3 is 12.1 Å². The van der Waals surface area contributed by atoms with Crippen molar-refractivity contribution in [3.8, 4) is 0 Å². The van der Waals surface area contributed by atoms with E-state index in [1.807, 2.05) is 12.1 Å². The van der Waals surface area contributed by atoms with E-state index in [0.29, 0.717) is 5.56 Å². The van der Waals surface area contributed by atoms with Gasteiger partial charge in [0.1, 0.15) is 19.2 Å². The number of urea groups is 1. The number of guanidine groups is 1. The Morgan fingerprint density at radius 2 is 1.96 bits per heavy atom. The number of halogens is 3. The molecule has 1 aromatic rings. The largest absolute Gasteiger partial charge is 0.445 e. The van der Waals surface area contributed by atoms with E-state index in [4.69, 9.17) is 39.5 Å². The molecule has 0 radical (unpaired) electrons. The van der Waals surface area contributed by atoms with Crippen molar-refractivity contribution in [3.63, 3.8) is 0 Å². The third-order valence-electron chi connectivity index (χ3n) is 9.45. The van der Waals surface area contributed by atoms with E-state index < -0.39 is 63.9 Å². The minimum atomic E-state index is -2.73. The maximum atomic E-state index is 14.1. The van der Waals surface area contributed by atoms with Gasteiger partial charge in [-0.2, -0.15) is 0 Å². The number of fused-ring (bicyclic) bond motifs is 1. The van der Waals surface area contributed by atoms with Crippen molar-refractivity contribution in [2.75, 3.05) is 40.3 Å². The highest BCUT2D eigenvalue weighted by Gasteiger charge is 2.74. The predicted molar refractivity (Wildman–Crippen MR) is 171 cm³/mol. The van der Waals surface area contributed by atoms with Crippen LogP contribution in [0.4, 0.5) is 9.59 Å². The maximum Gasteiger partial charge on any atom is 0.414 e. The minimum absolute atomic E-state index is 0.147. The molecule has 5 N–H and O–H groups in total. The molecule has 1 aliphatic carbocycles. The van der Waals surface area contributed by atoms with Crippen LogP contribution in [0.3, 0.4) is 0 Å². The van der Waals surface area contributed by atoms with Crippen LogP contribution in [0.5, 0.6) is 0 Å². The number of alkyl halides is 3. The zero-order valence-electron chi connectivity index (χ0n) is 25.6. The number of aliphatic hydroxyl groups is 2. The Morgan fingerprint density at radius 3 is 2.64 bits per heavy atom. The second-order valence-electron chi connectivity index (χ2n) is 12.4. The van der Waals surface area contributed by atoms with Crippen LogP contribution in [-0.4, -0.2) is 133 Å². The number of hydrogen-bond acceptors (Lipinski definition) is 11. The third-order valence-corrected chi connectivity index (χ3v) is 9.78. The van der Waals surface area contributed by atoms with Gasteiger partial charge in [0.05, 0.1) is 24.4 Å². The molecule has 6 rings (SSSR count). The number of nitrogens with zero attached hydrogens (tertiary/aromatic N) is 5. The van der Waals surface area contributed by atoms with Crippen LogP contribution in [0, 0.1) is 0 Å². The van der Waals surface area contributed by atoms with Crippen molar-refractivity contribution < 1.29 is 34.1 Å². The quantitative estimate of drug-likeness (QED) is 0.164. The van der Waals surface area contributed by atoms with E-state index in [0.717, 1.165) is 41.7 Å². The number of likely N-dealkylation sites (N-methyl/N-ethyl adjacent to an activating group) is 2. The van der Waals surface area contributed by atoms with Crippen molar-refractivity contribution in [1.29, 1.82) is 0 Å². The number of rotatable bonds is 5. The second kappa shape index (κ2) is 11.9. The number of hydrogen-bond donors (Lipinski definition) is 5. The highest BCUT2D eigenvalue weighted by molar-refractivity contribution is 6.67. The highest BCUT2D eigenvalue weighted by Crippen LogP contribution is 2.46. The van der Waals surface area contributed by atoms with Gasteiger partial charge in [-0.25, -0.2) is 14.6 Å². The summed E-state index contributed by atoms with van der Waals surface area (Å²) in [6.45, 7) is 2.66. The Bertz CT molecular complexity index is 1570. The molecular formula is C29H35Cl3N8O7. The molecule has 3 fully saturated rings. The first-order valence-corrected chi connectivity index (χ1v) is 16.2. The number of benzene rings is 1. The summed E-state index contributed by atoms with van der Waals surface area (Å²) >= 11 is 17.3. The van der Waals surface area contributed by atoms with Gasteiger partial charge in [-0.15, -0.1) is 0 Å². The van der Waals surface area contributed by atoms with Gasteiger partial charge in [0.15, 0.2) is 5.66 Å². The van der Waals surface area contributed by atoms with Gasteiger partial charge in [0.25, 0.3) is 5.91 Å². The van der Waals surface area contributed by atoms with Crippen molar-refractivity contribution in [2.45, 2.75) is 59.1 Å². The number of carbonyl (C=O) groups is 4. The van der Waals surface area contributed by atoms with Crippen molar-refractivity contribution in [1.82, 2.24) is 35.6 Å². The molecule has 0 saturated carbocycles. The first kappa shape index (κ1) is 33.4. The molecule has 0 bridgehead atoms. The van der Waals surface area contributed by atoms with Crippen molar-refractivity contribution in [2.24, 2.45) is 4.99 Å². The van der Waals surface area contributed by atoms with Crippen molar-refractivity contribution >= 4 is 64.7 Å². The van der Waals surface area contributed by atoms with E-state index in [1.165, 1.54) is 28.8 Å². The number of nitrogens with one attached hydrogen (secondary N) is 3. The van der Waals surface area contributed by atoms with Crippen molar-refractivity contribution in [3.05, 3.63) is 47.3 Å². The molecule has 4 atom stereocenters. The third kappa shape index (κ3) is 5.61. The lowest BCUT2D eigenvalue weighted by molar-refractivity contribution is -0.241. The number of ether oxygens (including phenoxy) is 1. The van der Waals surface area contributed by atoms with E-state index in [2.05, 4.69) is 27.5 Å². The molecule has 15 nitrogen and oxygen atoms in total. The van der Waals surface area contributed by atoms with Gasteiger partial charge in [0, 0.05) is 26.2 Å². The van der Waals surface area contributed by atoms with Gasteiger partial charge in [-0.3, -0.25) is 19.8 Å². The average Bonchev–Trinajstić information content (AvgIpc) is 3.58. The monoisotopic (exact) mass is 712 g/mol. The first-order valence-electron chi connectivity index (χ1n) is 15.0. The number of aryl methyl sites for hydroxylation is 1. The summed E-state index contributed by atoms with van der Waals surface area (Å²) in [5.74, 6) is -3.66. The van der Waals surface area contributed by atoms with E-state index in [-0.39, 0.29) is 31.4 Å². The highest BCUT2D eigenvalue weighted by atomic mass is 35.6. The van der Waals surface area contributed by atoms with Crippen LogP contribution in [0.2, 0.25) is 0 Å². The fourth-order valence-corrected chi connectivity index (χ4v) is 7.44. The summed E-state index contributed by atoms with van der Waals surface area (Å²) < 4.78 is 3.14. The Hall–Kier alpha value is -3.50. The summed E-state index contributed by atoms with van der Waals surface area (Å²) in [5.41, 5.74) is 0.573. The van der Waals surface area contributed by atoms with Crippen LogP contribution >= 0.6 is 34.8 Å². The number of carbonyl (C=O) groups excluding carboxylic acids is 4. The predicted octanol–water partition coefficient (Wildman–Crippen LogP) is 0.460. The SMILES string of the molecule is C=C1N[C@H]2[C@H](CN3C(=O)CN(C)C3=O)N=C(NC(=O)OCC(Cl)(Cl)Cl)N3CC(N(C)C(=O)c4cccc5c4CCCC5)C(O)(O)[C@]23N1. The second-order valence-corrected chi connectivity index (χ2v) is 14.9. The van der Waals surface area contributed by atoms with Gasteiger partial charge in [-0.05, 0) is 42.9 Å². The standard InChI is InChI=1S/C29H35Cl3N8O7/c1-15-33-22-19(11-39-21(41)13-37(2)26(39)44)34-24(35-25(43)47-14-27(30,31)32)40-12-20(29(45,46)28(22,40)36-15)38(3)23(42)18-10-6-8-16-7-4-5-9-17(16)18/h6,8,10,19-20,22,33,36,45-46H,1,4-5,7,9,11-14H2,2-3H3,(H,34,35,43)/t19-,20?,22-,28-/m0/s1. The van der Waals surface area contributed by atoms with E-state index >= 15 is 0 Å². The average molecular weight is 714 g/mol. The summed E-state index contributed by atoms with van der Waals surface area (Å²) in [5, 5.41) is 33.0. The van der Waals surface area contributed by atoms with Gasteiger partial charge < -0.3 is 40.3 Å². The Balaban J connectivity index is 1.38. The molecular weight excluding hydrogens is 679 g/mol. The lowest BCUT2D eigenvalue weighted by Gasteiger charge is -2.50. The minimum Gasteiger partial charge on any atom is -0.445 e. The van der Waals surface area contributed by atoms with Crippen LogP contribution < -0.4 is 16.0 Å². The molecule has 4 heterocycles. The molecule has 5 aliphatic rings. The molecule has 1 unspecified atom stereocenters. The summed E-state index contributed by atoms with van der Waals surface area (Å²) in [6, 6.07) is 1.60. The molecule has 0 aromatic heterocycles. The number of amides is 5. The fourth-order valence-electron chi connectivity index (χ4n) is 7.28. The van der Waals surface area contributed by atoms with Crippen LogP contribution in [0.25, 0.3) is 0 Å². The van der Waals surface area contributed by atoms with Crippen LogP contribution in [0.15, 0.2) is 35.6 Å². The zero-order chi connectivity index (χ0) is 34.1. The van der Waals surface area contributed by atoms with Gasteiger partial charge in [0.2, 0.25) is 21.4 Å². The smallest absolute Gasteiger partial charge is 0.414 e. The lowest BCUT2D eigenvalue weighted by atomic mass is 9.84. The summed E-state index contributed by atoms with van der Waals surface area (Å²) in [4.78, 5) is 62.1. The number of aliphatic imine (C=N–C) groups is 1. The molecule has 4 aliphatic heterocycles. The first-order chi connectivity index (χ1) is 22.0. The molecule has 1 aromatic carbocycles. The number of alkyl carbamates (subject to hydrolysis) is 1. The Kier molecular flexibility index (Phi) is 8.44. The molecule has 3 saturated heterocycles. The normalized spacial score (nSPS) is 27.8. The molecule has 1 spiro atoms. The van der Waals surface area contributed by atoms with Crippen LogP contribution in [-0.2, 0) is 22.4 Å². The summed E-state index contributed by atoms with van der Waals surface area (Å²) in [7, 11) is 2.95. The molecule has 18 heteroatoms. The molecule has 47 heavy (non-hydrogen) atoms. The fraction of sp³-hybridized carbons (Fsp3) is 0.552. The Labute approximate surface area is 285 Å².